The smallest absolute Gasteiger partial charge is 0.351 e. The first-order valence-corrected chi connectivity index (χ1v) is 11.5. The van der Waals surface area contributed by atoms with Crippen molar-refractivity contribution in [2.24, 2.45) is 0 Å². The first-order valence-electron chi connectivity index (χ1n) is 11.5. The molecule has 0 spiro atoms. The fraction of sp³-hybridized carbons (Fsp3) is 0.583. The van der Waals surface area contributed by atoms with Gasteiger partial charge in [0, 0.05) is 37.0 Å². The summed E-state index contributed by atoms with van der Waals surface area (Å²) in [6.45, 7) is 2.66. The van der Waals surface area contributed by atoms with Gasteiger partial charge in [0.1, 0.15) is 12.7 Å². The predicted molar refractivity (Wildman–Crippen MR) is 119 cm³/mol. The van der Waals surface area contributed by atoms with Crippen molar-refractivity contribution < 1.29 is 14.2 Å². The van der Waals surface area contributed by atoms with E-state index in [1.807, 2.05) is 6.07 Å². The molecular weight excluding hydrogens is 394 g/mol. The Kier molecular flexibility index (Phi) is 5.96. The molecule has 1 aromatic carbocycles. The van der Waals surface area contributed by atoms with E-state index >= 15 is 0 Å². The van der Waals surface area contributed by atoms with Gasteiger partial charge in [0.15, 0.2) is 0 Å². The van der Waals surface area contributed by atoms with Crippen LogP contribution in [0, 0.1) is 0 Å². The average Bonchev–Trinajstić information content (AvgIpc) is 2.83. The maximum Gasteiger partial charge on any atom is 0.351 e. The molecule has 0 bridgehead atoms. The molecule has 3 heterocycles. The molecule has 0 N–H and O–H groups in total. The molecule has 2 aliphatic heterocycles. The molecule has 1 aromatic heterocycles. The van der Waals surface area contributed by atoms with Crippen LogP contribution in [0.4, 0.5) is 5.69 Å². The van der Waals surface area contributed by atoms with E-state index in [9.17, 15) is 4.79 Å². The number of hydrogen-bond donors (Lipinski definition) is 0. The molecule has 1 unspecified atom stereocenters. The summed E-state index contributed by atoms with van der Waals surface area (Å²) in [6, 6.07) is 9.14. The first-order chi connectivity index (χ1) is 15.2. The molecule has 0 amide bonds. The van der Waals surface area contributed by atoms with Gasteiger partial charge < -0.3 is 19.1 Å². The van der Waals surface area contributed by atoms with Crippen molar-refractivity contribution in [1.29, 1.82) is 0 Å². The van der Waals surface area contributed by atoms with Crippen molar-refractivity contribution in [3.63, 3.8) is 0 Å². The van der Waals surface area contributed by atoms with E-state index in [0.717, 1.165) is 17.7 Å². The van der Waals surface area contributed by atoms with Gasteiger partial charge in [0.25, 0.3) is 0 Å². The molecule has 2 aromatic rings. The van der Waals surface area contributed by atoms with Crippen LogP contribution in [0.2, 0.25) is 0 Å². The number of benzene rings is 1. The Morgan fingerprint density at radius 3 is 2.87 bits per heavy atom. The zero-order valence-corrected chi connectivity index (χ0v) is 18.2. The fourth-order valence-corrected chi connectivity index (χ4v) is 4.98. The van der Waals surface area contributed by atoms with Gasteiger partial charge in [-0.1, -0.05) is 25.3 Å². The van der Waals surface area contributed by atoms with Gasteiger partial charge in [0.05, 0.1) is 25.5 Å². The summed E-state index contributed by atoms with van der Waals surface area (Å²) in [5.74, 6) is 0.349. The number of fused-ring (bicyclic) bond motifs is 3. The van der Waals surface area contributed by atoms with Gasteiger partial charge in [-0.25, -0.2) is 4.79 Å². The highest BCUT2D eigenvalue weighted by molar-refractivity contribution is 5.70. The minimum absolute atomic E-state index is 0.125. The maximum atomic E-state index is 12.6. The maximum absolute atomic E-state index is 12.6. The quantitative estimate of drug-likeness (QED) is 0.734. The van der Waals surface area contributed by atoms with Gasteiger partial charge in [0.2, 0.25) is 5.88 Å². The molecule has 1 atom stereocenters. The van der Waals surface area contributed by atoms with Crippen molar-refractivity contribution >= 4 is 5.69 Å². The fourth-order valence-electron chi connectivity index (χ4n) is 4.98. The second-order valence-electron chi connectivity index (χ2n) is 8.79. The van der Waals surface area contributed by atoms with Crippen LogP contribution in [0.1, 0.15) is 37.7 Å². The summed E-state index contributed by atoms with van der Waals surface area (Å²) < 4.78 is 18.6. The van der Waals surface area contributed by atoms with Gasteiger partial charge in [-0.2, -0.15) is 4.98 Å². The van der Waals surface area contributed by atoms with Crippen LogP contribution in [-0.4, -0.2) is 55.2 Å². The molecule has 1 aliphatic carbocycles. The Morgan fingerprint density at radius 1 is 1.19 bits per heavy atom. The Hall–Kier alpha value is -2.38. The van der Waals surface area contributed by atoms with Crippen LogP contribution >= 0.6 is 0 Å². The molecule has 2 fully saturated rings. The Balaban J connectivity index is 1.38. The number of anilines is 1. The summed E-state index contributed by atoms with van der Waals surface area (Å²) in [4.78, 5) is 19.2. The second-order valence-corrected chi connectivity index (χ2v) is 8.79. The van der Waals surface area contributed by atoms with Crippen molar-refractivity contribution in [3.05, 3.63) is 40.3 Å². The Morgan fingerprint density at radius 2 is 2.06 bits per heavy atom. The van der Waals surface area contributed by atoms with E-state index < -0.39 is 0 Å². The third kappa shape index (κ3) is 4.34. The van der Waals surface area contributed by atoms with E-state index in [1.165, 1.54) is 43.4 Å². The van der Waals surface area contributed by atoms with Gasteiger partial charge >= 0.3 is 5.69 Å². The summed E-state index contributed by atoms with van der Waals surface area (Å²) in [5, 5.41) is 0. The lowest BCUT2D eigenvalue weighted by Crippen LogP contribution is -2.34. The van der Waals surface area contributed by atoms with Crippen LogP contribution in [0.15, 0.2) is 29.1 Å². The zero-order valence-electron chi connectivity index (χ0n) is 18.2. The normalized spacial score (nSPS) is 21.3. The predicted octanol–water partition coefficient (Wildman–Crippen LogP) is 3.03. The van der Waals surface area contributed by atoms with E-state index in [1.54, 1.807) is 4.57 Å². The number of hydrogen-bond acceptors (Lipinski definition) is 6. The standard InChI is InChI=1S/C24H31N3O4/c1-26(18-5-3-2-4-6-18)19-7-8-21-17(13-19)9-10-27-22(21)14-23(25-24(27)28)31-16-20-15-29-11-12-30-20/h7-8,13-14,18,20H,2-6,9-12,15-16H2,1H3. The molecule has 7 nitrogen and oxygen atoms in total. The largest absolute Gasteiger partial charge is 0.475 e. The Bertz CT molecular complexity index is 977. The van der Waals surface area contributed by atoms with Crippen LogP contribution in [0.5, 0.6) is 5.88 Å². The van der Waals surface area contributed by atoms with Crippen LogP contribution in [0.25, 0.3) is 11.3 Å². The Labute approximate surface area is 182 Å². The number of rotatable bonds is 5. The summed E-state index contributed by atoms with van der Waals surface area (Å²) in [5.41, 5.74) is 4.25. The third-order valence-corrected chi connectivity index (χ3v) is 6.79. The van der Waals surface area contributed by atoms with E-state index in [0.29, 0.717) is 44.9 Å². The number of ether oxygens (including phenoxy) is 3. The minimum atomic E-state index is -0.262. The molecule has 166 valence electrons. The van der Waals surface area contributed by atoms with Gasteiger partial charge in [-0.05, 0) is 37.0 Å². The van der Waals surface area contributed by atoms with Crippen molar-refractivity contribution in [3.8, 4) is 17.1 Å². The summed E-state index contributed by atoms with van der Waals surface area (Å²) in [7, 11) is 2.21. The van der Waals surface area contributed by atoms with E-state index in [4.69, 9.17) is 14.2 Å². The molecule has 5 rings (SSSR count). The van der Waals surface area contributed by atoms with E-state index in [2.05, 4.69) is 35.1 Å². The lowest BCUT2D eigenvalue weighted by Gasteiger charge is -2.34. The summed E-state index contributed by atoms with van der Waals surface area (Å²) in [6.07, 6.45) is 7.26. The minimum Gasteiger partial charge on any atom is -0.475 e. The van der Waals surface area contributed by atoms with E-state index in [-0.39, 0.29) is 11.8 Å². The lowest BCUT2D eigenvalue weighted by atomic mass is 9.93. The molecule has 1 saturated carbocycles. The molecule has 3 aliphatic rings. The second kappa shape index (κ2) is 9.01. The van der Waals surface area contributed by atoms with Crippen LogP contribution in [-0.2, 0) is 22.4 Å². The zero-order chi connectivity index (χ0) is 21.2. The first kappa shape index (κ1) is 20.5. The lowest BCUT2D eigenvalue weighted by molar-refractivity contribution is -0.102. The summed E-state index contributed by atoms with van der Waals surface area (Å²) >= 11 is 0. The molecule has 7 heteroatoms. The highest BCUT2D eigenvalue weighted by atomic mass is 16.6. The van der Waals surface area contributed by atoms with Crippen molar-refractivity contribution in [2.45, 2.75) is 57.2 Å². The van der Waals surface area contributed by atoms with Crippen LogP contribution < -0.4 is 15.3 Å². The molecule has 0 radical (unpaired) electrons. The van der Waals surface area contributed by atoms with Crippen molar-refractivity contribution in [2.75, 3.05) is 38.4 Å². The number of nitrogens with zero attached hydrogens (tertiary/aromatic N) is 3. The van der Waals surface area contributed by atoms with Crippen LogP contribution in [0.3, 0.4) is 0 Å². The highest BCUT2D eigenvalue weighted by Crippen LogP contribution is 2.34. The molecule has 31 heavy (non-hydrogen) atoms. The number of aryl methyl sites for hydroxylation is 1. The van der Waals surface area contributed by atoms with Gasteiger partial charge in [-0.15, -0.1) is 0 Å². The average molecular weight is 426 g/mol. The highest BCUT2D eigenvalue weighted by Gasteiger charge is 2.23. The van der Waals surface area contributed by atoms with Gasteiger partial charge in [-0.3, -0.25) is 4.57 Å². The van der Waals surface area contributed by atoms with Crippen molar-refractivity contribution in [1.82, 2.24) is 9.55 Å². The molecular formula is C24H31N3O4. The molecule has 1 saturated heterocycles. The SMILES string of the molecule is CN(c1ccc2c(c1)CCn1c-2cc(OCC2COCCO2)nc1=O)C1CCCCC1. The topological polar surface area (TPSA) is 65.8 Å². The number of aromatic nitrogens is 2. The third-order valence-electron chi connectivity index (χ3n) is 6.79. The monoisotopic (exact) mass is 425 g/mol.